The van der Waals surface area contributed by atoms with Gasteiger partial charge in [0.25, 0.3) is 0 Å². The second-order valence-electron chi connectivity index (χ2n) is 6.57. The standard InChI is InChI=1S/C19H21FN2O3S/c1-13-2-10-17(20)18(12-13)21-19(23)11-5-14-3-8-16(9-4-14)26(24,25)22-15-6-7-15/h2-4,8-10,12,15,22H,5-7,11H2,1H3,(H,21,23). The number of sulfonamides is 1. The zero-order valence-corrected chi connectivity index (χ0v) is 15.3. The number of hydrogen-bond acceptors (Lipinski definition) is 3. The summed E-state index contributed by atoms with van der Waals surface area (Å²) in [6.07, 6.45) is 2.39. The van der Waals surface area contributed by atoms with Crippen LogP contribution in [0.5, 0.6) is 0 Å². The maximum absolute atomic E-state index is 13.7. The van der Waals surface area contributed by atoms with Crippen molar-refractivity contribution < 1.29 is 17.6 Å². The number of halogens is 1. The first-order valence-corrected chi connectivity index (χ1v) is 9.99. The van der Waals surface area contributed by atoms with Crippen LogP contribution < -0.4 is 10.0 Å². The molecule has 0 heterocycles. The Bertz CT molecular complexity index is 907. The van der Waals surface area contributed by atoms with Crippen molar-refractivity contribution in [3.8, 4) is 0 Å². The number of anilines is 1. The van der Waals surface area contributed by atoms with Gasteiger partial charge in [0.05, 0.1) is 10.6 Å². The van der Waals surface area contributed by atoms with E-state index in [2.05, 4.69) is 10.0 Å². The molecule has 1 aliphatic rings. The molecule has 7 heteroatoms. The average molecular weight is 376 g/mol. The summed E-state index contributed by atoms with van der Waals surface area (Å²) in [5.74, 6) is -0.761. The van der Waals surface area contributed by atoms with Crippen molar-refractivity contribution in [3.63, 3.8) is 0 Å². The maximum Gasteiger partial charge on any atom is 0.240 e. The van der Waals surface area contributed by atoms with Crippen LogP contribution in [0.25, 0.3) is 0 Å². The number of amides is 1. The van der Waals surface area contributed by atoms with Crippen molar-refractivity contribution in [2.75, 3.05) is 5.32 Å². The van der Waals surface area contributed by atoms with E-state index in [1.807, 2.05) is 6.92 Å². The summed E-state index contributed by atoms with van der Waals surface area (Å²) in [6.45, 7) is 1.82. The number of aryl methyl sites for hydroxylation is 2. The fraction of sp³-hybridized carbons (Fsp3) is 0.316. The largest absolute Gasteiger partial charge is 0.324 e. The van der Waals surface area contributed by atoms with Gasteiger partial charge < -0.3 is 5.32 Å². The van der Waals surface area contributed by atoms with Gasteiger partial charge in [-0.25, -0.2) is 17.5 Å². The molecule has 1 saturated carbocycles. The zero-order valence-electron chi connectivity index (χ0n) is 14.5. The van der Waals surface area contributed by atoms with E-state index in [4.69, 9.17) is 0 Å². The van der Waals surface area contributed by atoms with E-state index in [1.54, 1.807) is 24.3 Å². The molecular formula is C19H21FN2O3S. The van der Waals surface area contributed by atoms with E-state index in [-0.39, 0.29) is 29.0 Å². The topological polar surface area (TPSA) is 75.3 Å². The lowest BCUT2D eigenvalue weighted by Gasteiger charge is -2.08. The number of nitrogens with one attached hydrogen (secondary N) is 2. The summed E-state index contributed by atoms with van der Waals surface area (Å²) in [7, 11) is -3.47. The lowest BCUT2D eigenvalue weighted by molar-refractivity contribution is -0.116. The van der Waals surface area contributed by atoms with E-state index in [9.17, 15) is 17.6 Å². The van der Waals surface area contributed by atoms with E-state index in [0.717, 1.165) is 24.0 Å². The minimum absolute atomic E-state index is 0.0605. The van der Waals surface area contributed by atoms with Crippen molar-refractivity contribution in [2.45, 2.75) is 43.5 Å². The van der Waals surface area contributed by atoms with Crippen molar-refractivity contribution in [3.05, 3.63) is 59.4 Å². The van der Waals surface area contributed by atoms with Gasteiger partial charge in [-0.05, 0) is 61.6 Å². The minimum atomic E-state index is -3.47. The Morgan fingerprint density at radius 3 is 2.50 bits per heavy atom. The van der Waals surface area contributed by atoms with Gasteiger partial charge in [0.1, 0.15) is 5.82 Å². The number of benzene rings is 2. The maximum atomic E-state index is 13.7. The van der Waals surface area contributed by atoms with Crippen molar-refractivity contribution >= 4 is 21.6 Å². The molecule has 138 valence electrons. The van der Waals surface area contributed by atoms with Gasteiger partial charge in [-0.1, -0.05) is 18.2 Å². The summed E-state index contributed by atoms with van der Waals surface area (Å²) in [6, 6.07) is 11.1. The molecule has 26 heavy (non-hydrogen) atoms. The first-order valence-electron chi connectivity index (χ1n) is 8.51. The van der Waals surface area contributed by atoms with E-state index in [0.29, 0.717) is 6.42 Å². The Labute approximate surface area is 152 Å². The highest BCUT2D eigenvalue weighted by Crippen LogP contribution is 2.22. The molecule has 2 N–H and O–H groups in total. The van der Waals surface area contributed by atoms with Crippen LogP contribution in [0.3, 0.4) is 0 Å². The van der Waals surface area contributed by atoms with Crippen LogP contribution >= 0.6 is 0 Å². The number of rotatable bonds is 7. The van der Waals surface area contributed by atoms with Gasteiger partial charge >= 0.3 is 0 Å². The van der Waals surface area contributed by atoms with Gasteiger partial charge in [-0.15, -0.1) is 0 Å². The van der Waals surface area contributed by atoms with Crippen molar-refractivity contribution in [1.29, 1.82) is 0 Å². The van der Waals surface area contributed by atoms with Crippen LogP contribution in [0.1, 0.15) is 30.4 Å². The highest BCUT2D eigenvalue weighted by molar-refractivity contribution is 7.89. The Kier molecular flexibility index (Phi) is 5.38. The number of carbonyl (C=O) groups excluding carboxylic acids is 1. The van der Waals surface area contributed by atoms with Crippen molar-refractivity contribution in [1.82, 2.24) is 4.72 Å². The normalized spacial score (nSPS) is 14.2. The first-order chi connectivity index (χ1) is 12.3. The molecule has 0 radical (unpaired) electrons. The first kappa shape index (κ1) is 18.5. The predicted octanol–water partition coefficient (Wildman–Crippen LogP) is 3.15. The van der Waals surface area contributed by atoms with Gasteiger partial charge in [0.15, 0.2) is 0 Å². The third kappa shape index (κ3) is 4.89. The van der Waals surface area contributed by atoms with Crippen LogP contribution in [0.15, 0.2) is 47.4 Å². The molecule has 1 amide bonds. The van der Waals surface area contributed by atoms with Crippen LogP contribution in [0.2, 0.25) is 0 Å². The fourth-order valence-corrected chi connectivity index (χ4v) is 3.83. The molecular weight excluding hydrogens is 355 g/mol. The van der Waals surface area contributed by atoms with E-state index < -0.39 is 15.8 Å². The lowest BCUT2D eigenvalue weighted by Crippen LogP contribution is -2.25. The molecule has 0 unspecified atom stereocenters. The van der Waals surface area contributed by atoms with Crippen LogP contribution in [0, 0.1) is 12.7 Å². The third-order valence-corrected chi connectivity index (χ3v) is 5.71. The highest BCUT2D eigenvalue weighted by atomic mass is 32.2. The van der Waals surface area contributed by atoms with Gasteiger partial charge in [-0.2, -0.15) is 0 Å². The molecule has 1 aliphatic carbocycles. The molecule has 0 atom stereocenters. The monoisotopic (exact) mass is 376 g/mol. The average Bonchev–Trinajstić information content (AvgIpc) is 3.40. The second kappa shape index (κ2) is 7.55. The van der Waals surface area contributed by atoms with Gasteiger partial charge in [0, 0.05) is 12.5 Å². The summed E-state index contributed by atoms with van der Waals surface area (Å²) < 4.78 is 40.5. The molecule has 1 fully saturated rings. The van der Waals surface area contributed by atoms with E-state index >= 15 is 0 Å². The van der Waals surface area contributed by atoms with Crippen LogP contribution in [0.4, 0.5) is 10.1 Å². The second-order valence-corrected chi connectivity index (χ2v) is 8.28. The molecule has 3 rings (SSSR count). The number of hydrogen-bond donors (Lipinski definition) is 2. The predicted molar refractivity (Wildman–Crippen MR) is 97.9 cm³/mol. The van der Waals surface area contributed by atoms with Crippen molar-refractivity contribution in [2.24, 2.45) is 0 Å². The SMILES string of the molecule is Cc1ccc(F)c(NC(=O)CCc2ccc(S(=O)(=O)NC3CC3)cc2)c1. The van der Waals surface area contributed by atoms with Crippen LogP contribution in [-0.2, 0) is 21.2 Å². The smallest absolute Gasteiger partial charge is 0.240 e. The Hall–Kier alpha value is -2.25. The molecule has 5 nitrogen and oxygen atoms in total. The molecule has 2 aromatic rings. The van der Waals surface area contributed by atoms with Gasteiger partial charge in [-0.3, -0.25) is 4.79 Å². The fourth-order valence-electron chi connectivity index (χ4n) is 2.53. The summed E-state index contributed by atoms with van der Waals surface area (Å²) in [5, 5.41) is 2.57. The molecule has 0 spiro atoms. The van der Waals surface area contributed by atoms with Gasteiger partial charge in [0.2, 0.25) is 15.9 Å². The minimum Gasteiger partial charge on any atom is -0.324 e. The molecule has 0 bridgehead atoms. The molecule has 0 saturated heterocycles. The quantitative estimate of drug-likeness (QED) is 0.779. The highest BCUT2D eigenvalue weighted by Gasteiger charge is 2.27. The zero-order chi connectivity index (χ0) is 18.7. The molecule has 0 aromatic heterocycles. The summed E-state index contributed by atoms with van der Waals surface area (Å²) in [4.78, 5) is 12.2. The lowest BCUT2D eigenvalue weighted by atomic mass is 10.1. The van der Waals surface area contributed by atoms with Crippen LogP contribution in [-0.4, -0.2) is 20.4 Å². The summed E-state index contributed by atoms with van der Waals surface area (Å²) >= 11 is 0. The Morgan fingerprint density at radius 1 is 1.15 bits per heavy atom. The van der Waals surface area contributed by atoms with E-state index in [1.165, 1.54) is 18.2 Å². The Balaban J connectivity index is 1.56. The number of carbonyl (C=O) groups is 1. The summed E-state index contributed by atoms with van der Waals surface area (Å²) in [5.41, 5.74) is 1.87. The Morgan fingerprint density at radius 2 is 1.85 bits per heavy atom. The molecule has 2 aromatic carbocycles. The molecule has 0 aliphatic heterocycles. The third-order valence-electron chi connectivity index (χ3n) is 4.17.